The zero-order valence-electron chi connectivity index (χ0n) is 6.30. The van der Waals surface area contributed by atoms with Crippen LogP contribution in [0.25, 0.3) is 0 Å². The first-order chi connectivity index (χ1) is 5.47. The maximum absolute atomic E-state index is 5.24. The number of rotatable bonds is 2. The largest absolute Gasteiger partial charge is 0.151 e. The van der Waals surface area contributed by atoms with Crippen LogP contribution in [0.1, 0.15) is 0 Å². The van der Waals surface area contributed by atoms with Gasteiger partial charge >= 0.3 is 0 Å². The molecule has 2 unspecified atom stereocenters. The van der Waals surface area contributed by atoms with Gasteiger partial charge in [0.25, 0.3) is 0 Å². The molecule has 0 radical (unpaired) electrons. The summed E-state index contributed by atoms with van der Waals surface area (Å²) in [7, 11) is 0. The molecule has 0 spiro atoms. The van der Waals surface area contributed by atoms with Crippen LogP contribution in [-0.4, -0.2) is 20.2 Å². The average Bonchev–Trinajstić information content (AvgIpc) is 2.25. The van der Waals surface area contributed by atoms with Crippen LogP contribution in [0.2, 0.25) is 0 Å². The fourth-order valence-electron chi connectivity index (χ4n) is 0.684. The van der Waals surface area contributed by atoms with E-state index in [0.29, 0.717) is 0 Å². The molecule has 0 bridgehead atoms. The number of hydrogen-bond donors (Lipinski definition) is 0. The van der Waals surface area contributed by atoms with Gasteiger partial charge in [-0.2, -0.15) is 0 Å². The highest BCUT2D eigenvalue weighted by Crippen LogP contribution is 2.70. The van der Waals surface area contributed by atoms with Gasteiger partial charge in [0.1, 0.15) is 3.53 Å². The molecule has 0 aromatic rings. The highest BCUT2D eigenvalue weighted by molar-refractivity contribution is 14.1. The fourth-order valence-corrected chi connectivity index (χ4v) is 11.9. The van der Waals surface area contributed by atoms with Gasteiger partial charge in [0.05, 0.1) is 0 Å². The minimum absolute atomic E-state index is 0.187. The van der Waals surface area contributed by atoms with Gasteiger partial charge in [-0.3, -0.25) is 0 Å². The molecule has 7 heteroatoms. The van der Waals surface area contributed by atoms with Gasteiger partial charge < -0.3 is 0 Å². The summed E-state index contributed by atoms with van der Waals surface area (Å²) in [6.07, 6.45) is 4.30. The molecule has 2 atom stereocenters. The number of thiocarbonyl (C=S) groups is 1. The third-order valence-corrected chi connectivity index (χ3v) is 15.5. The summed E-state index contributed by atoms with van der Waals surface area (Å²) >= 11 is 17.7. The summed E-state index contributed by atoms with van der Waals surface area (Å²) in [4.78, 5) is 0. The van der Waals surface area contributed by atoms with Crippen molar-refractivity contribution in [1.29, 1.82) is 0 Å². The van der Waals surface area contributed by atoms with E-state index in [0.717, 1.165) is 3.53 Å². The first-order valence-electron chi connectivity index (χ1n) is 2.87. The second-order valence-corrected chi connectivity index (χ2v) is 14.3. The van der Waals surface area contributed by atoms with Gasteiger partial charge in [-0.1, -0.05) is 80.9 Å². The van der Waals surface area contributed by atoms with Crippen LogP contribution >= 0.6 is 104 Å². The molecule has 1 saturated heterocycles. The lowest BCUT2D eigenvalue weighted by Gasteiger charge is -2.31. The Balaban J connectivity index is 2.93. The molecule has 1 fully saturated rings. The third-order valence-electron chi connectivity index (χ3n) is 1.31. The lowest BCUT2D eigenvalue weighted by atomic mass is 10.9. The SMILES string of the molecule is CSC1(I)SC(=S)SC1(I)SC. The summed E-state index contributed by atoms with van der Waals surface area (Å²) in [6, 6.07) is 0. The zero-order chi connectivity index (χ0) is 9.41. The van der Waals surface area contributed by atoms with E-state index < -0.39 is 0 Å². The lowest BCUT2D eigenvalue weighted by molar-refractivity contribution is 1.31. The van der Waals surface area contributed by atoms with E-state index in [4.69, 9.17) is 12.2 Å². The number of thioether (sulfide) groups is 4. The smallest absolute Gasteiger partial charge is 0.134 e. The zero-order valence-corrected chi connectivity index (χ0v) is 14.7. The van der Waals surface area contributed by atoms with Crippen molar-refractivity contribution >= 4 is 108 Å². The Hall–Kier alpha value is 2.95. The molecular formula is C5H6I2S5. The Bertz CT molecular complexity index is 190. The molecule has 0 aliphatic carbocycles. The topological polar surface area (TPSA) is 0 Å². The molecule has 70 valence electrons. The van der Waals surface area contributed by atoms with Crippen molar-refractivity contribution in [2.24, 2.45) is 0 Å². The second-order valence-electron chi connectivity index (χ2n) is 1.93. The van der Waals surface area contributed by atoms with Crippen LogP contribution in [0.4, 0.5) is 0 Å². The van der Waals surface area contributed by atoms with Gasteiger partial charge in [0.15, 0.2) is 4.17 Å². The number of hydrogen-bond acceptors (Lipinski definition) is 5. The predicted octanol–water partition coefficient (Wildman–Crippen LogP) is 4.65. The van der Waals surface area contributed by atoms with E-state index in [-0.39, 0.29) is 4.17 Å². The Kier molecular flexibility index (Phi) is 5.27. The van der Waals surface area contributed by atoms with Gasteiger partial charge in [-0.25, -0.2) is 0 Å². The monoisotopic (exact) mass is 480 g/mol. The quantitative estimate of drug-likeness (QED) is 0.320. The Morgan fingerprint density at radius 1 is 1.17 bits per heavy atom. The maximum Gasteiger partial charge on any atom is 0.151 e. The molecule has 1 aliphatic rings. The van der Waals surface area contributed by atoms with Crippen LogP contribution in [0.5, 0.6) is 0 Å². The third kappa shape index (κ3) is 2.37. The number of alkyl halides is 2. The predicted molar refractivity (Wildman–Crippen MR) is 88.3 cm³/mol. The van der Waals surface area contributed by atoms with Crippen LogP contribution < -0.4 is 0 Å². The molecular weight excluding hydrogens is 474 g/mol. The molecule has 0 N–H and O–H groups in total. The van der Waals surface area contributed by atoms with E-state index in [1.54, 1.807) is 0 Å². The summed E-state index contributed by atoms with van der Waals surface area (Å²) in [5, 5.41) is 0. The molecule has 0 amide bonds. The Morgan fingerprint density at radius 2 is 1.50 bits per heavy atom. The maximum atomic E-state index is 5.24. The first-order valence-corrected chi connectivity index (χ1v) is 9.52. The van der Waals surface area contributed by atoms with E-state index >= 15 is 0 Å². The minimum atomic E-state index is 0.187. The molecule has 0 nitrogen and oxygen atoms in total. The van der Waals surface area contributed by atoms with Gasteiger partial charge in [0.2, 0.25) is 0 Å². The van der Waals surface area contributed by atoms with Crippen molar-refractivity contribution in [3.8, 4) is 0 Å². The lowest BCUT2D eigenvalue weighted by Crippen LogP contribution is -2.27. The van der Waals surface area contributed by atoms with Crippen LogP contribution in [0, 0.1) is 0 Å². The van der Waals surface area contributed by atoms with Gasteiger partial charge in [-0.05, 0) is 12.5 Å². The molecule has 1 aliphatic heterocycles. The number of halogens is 2. The molecule has 0 aromatic carbocycles. The molecule has 1 rings (SSSR count). The Morgan fingerprint density at radius 3 is 1.75 bits per heavy atom. The van der Waals surface area contributed by atoms with Crippen molar-refractivity contribution in [2.75, 3.05) is 12.5 Å². The summed E-state index contributed by atoms with van der Waals surface area (Å²) in [5.74, 6) is 0. The van der Waals surface area contributed by atoms with Gasteiger partial charge in [-0.15, -0.1) is 23.5 Å². The summed E-state index contributed by atoms with van der Waals surface area (Å²) in [6.45, 7) is 0. The second kappa shape index (κ2) is 4.86. The molecule has 1 heterocycles. The van der Waals surface area contributed by atoms with Crippen molar-refractivity contribution in [1.82, 2.24) is 0 Å². The summed E-state index contributed by atoms with van der Waals surface area (Å²) < 4.78 is 1.45. The van der Waals surface area contributed by atoms with Crippen LogP contribution in [0.3, 0.4) is 0 Å². The van der Waals surface area contributed by atoms with Crippen LogP contribution in [-0.2, 0) is 0 Å². The normalized spacial score (nSPS) is 42.2. The summed E-state index contributed by atoms with van der Waals surface area (Å²) in [5.41, 5.74) is 0. The fraction of sp³-hybridized carbons (Fsp3) is 0.800. The van der Waals surface area contributed by atoms with Crippen molar-refractivity contribution < 1.29 is 0 Å². The van der Waals surface area contributed by atoms with Crippen molar-refractivity contribution in [2.45, 2.75) is 4.17 Å². The van der Waals surface area contributed by atoms with E-state index in [1.807, 2.05) is 47.0 Å². The minimum Gasteiger partial charge on any atom is -0.134 e. The van der Waals surface area contributed by atoms with Crippen molar-refractivity contribution in [3.05, 3.63) is 0 Å². The molecule has 12 heavy (non-hydrogen) atoms. The highest BCUT2D eigenvalue weighted by Gasteiger charge is 2.55. The molecule has 0 aromatic heterocycles. The van der Waals surface area contributed by atoms with Gasteiger partial charge in [0, 0.05) is 0 Å². The molecule has 0 saturated carbocycles. The van der Waals surface area contributed by atoms with E-state index in [9.17, 15) is 0 Å². The first kappa shape index (κ1) is 13.0. The average molecular weight is 480 g/mol. The standard InChI is InChI=1S/C5H6I2S5/c1-9-4(6)5(7,10-2)12-3(8)11-4/h1-2H3. The highest BCUT2D eigenvalue weighted by atomic mass is 127. The van der Waals surface area contributed by atoms with E-state index in [2.05, 4.69) is 57.7 Å². The Labute approximate surface area is 123 Å². The van der Waals surface area contributed by atoms with Crippen LogP contribution in [0.15, 0.2) is 0 Å². The van der Waals surface area contributed by atoms with E-state index in [1.165, 1.54) is 0 Å². The van der Waals surface area contributed by atoms with Crippen molar-refractivity contribution in [3.63, 3.8) is 0 Å².